The van der Waals surface area contributed by atoms with Crippen LogP contribution in [0, 0.1) is 0 Å². The lowest BCUT2D eigenvalue weighted by Crippen LogP contribution is -2.28. The van der Waals surface area contributed by atoms with Crippen LogP contribution in [0.1, 0.15) is 17.7 Å². The molecule has 6 nitrogen and oxygen atoms in total. The van der Waals surface area contributed by atoms with Crippen molar-refractivity contribution in [2.75, 3.05) is 13.6 Å². The Hall–Kier alpha value is -2.60. The number of rotatable bonds is 6. The van der Waals surface area contributed by atoms with Gasteiger partial charge in [-0.1, -0.05) is 41.9 Å². The van der Waals surface area contributed by atoms with E-state index in [9.17, 15) is 4.79 Å². The summed E-state index contributed by atoms with van der Waals surface area (Å²) in [6.45, 7) is 0.850. The lowest BCUT2D eigenvalue weighted by molar-refractivity contribution is 0.104. The molecule has 0 saturated carbocycles. The van der Waals surface area contributed by atoms with Crippen molar-refractivity contribution >= 4 is 28.7 Å². The Bertz CT molecular complexity index is 851. The van der Waals surface area contributed by atoms with Gasteiger partial charge in [0, 0.05) is 25.5 Å². The van der Waals surface area contributed by atoms with Crippen molar-refractivity contribution in [3.05, 3.63) is 58.9 Å². The number of carbonyl (C=O) groups is 1. The van der Waals surface area contributed by atoms with Crippen LogP contribution in [0.15, 0.2) is 42.6 Å². The summed E-state index contributed by atoms with van der Waals surface area (Å²) < 4.78 is 5.30. The van der Waals surface area contributed by atoms with Crippen LogP contribution in [0.2, 0.25) is 5.02 Å². The third kappa shape index (κ3) is 4.28. The van der Waals surface area contributed by atoms with Gasteiger partial charge in [-0.05, 0) is 24.5 Å². The normalized spacial score (nSPS) is 10.8. The van der Waals surface area contributed by atoms with Gasteiger partial charge in [0.25, 0.3) is 0 Å². The molecule has 2 aromatic heterocycles. The Kier molecular flexibility index (Phi) is 5.50. The van der Waals surface area contributed by atoms with E-state index >= 15 is 0 Å². The molecule has 0 unspecified atom stereocenters. The Balaban J connectivity index is 1.48. The average Bonchev–Trinajstić information content (AvgIpc) is 3.05. The zero-order valence-electron chi connectivity index (χ0n) is 13.9. The third-order valence-electron chi connectivity index (χ3n) is 3.92. The summed E-state index contributed by atoms with van der Waals surface area (Å²) in [6.07, 6.45) is 2.78. The number of hydrogen-bond acceptors (Lipinski definition) is 4. The molecule has 0 radical (unpaired) electrons. The number of benzene rings is 1. The maximum atomic E-state index is 12.0. The minimum Gasteiger partial charge on any atom is -0.445 e. The Morgan fingerprint density at radius 3 is 2.88 bits per heavy atom. The zero-order chi connectivity index (χ0) is 17.6. The van der Waals surface area contributed by atoms with Gasteiger partial charge in [0.15, 0.2) is 5.65 Å². The fourth-order valence-corrected chi connectivity index (χ4v) is 2.82. The Morgan fingerprint density at radius 2 is 2.08 bits per heavy atom. The number of amides is 1. The van der Waals surface area contributed by atoms with E-state index in [-0.39, 0.29) is 12.7 Å². The summed E-state index contributed by atoms with van der Waals surface area (Å²) in [5.74, 6) is 0. The highest BCUT2D eigenvalue weighted by molar-refractivity contribution is 6.35. The topological polar surface area (TPSA) is 71.1 Å². The van der Waals surface area contributed by atoms with Gasteiger partial charge >= 0.3 is 6.09 Å². The molecule has 25 heavy (non-hydrogen) atoms. The summed E-state index contributed by atoms with van der Waals surface area (Å²) in [6, 6.07) is 11.4. The number of aromatic nitrogens is 3. The third-order valence-corrected chi connectivity index (χ3v) is 4.23. The van der Waals surface area contributed by atoms with Gasteiger partial charge in [0.2, 0.25) is 0 Å². The molecule has 1 amide bonds. The van der Waals surface area contributed by atoms with Crippen LogP contribution in [0.4, 0.5) is 4.79 Å². The van der Waals surface area contributed by atoms with Gasteiger partial charge in [-0.25, -0.2) is 9.78 Å². The number of nitrogens with zero attached hydrogens (tertiary/aromatic N) is 3. The lowest BCUT2D eigenvalue weighted by atomic mass is 10.1. The van der Waals surface area contributed by atoms with Crippen molar-refractivity contribution in [2.24, 2.45) is 0 Å². The molecular formula is C18H19ClN4O2. The summed E-state index contributed by atoms with van der Waals surface area (Å²) >= 11 is 6.21. The van der Waals surface area contributed by atoms with Gasteiger partial charge < -0.3 is 9.64 Å². The molecule has 0 saturated heterocycles. The van der Waals surface area contributed by atoms with Crippen molar-refractivity contribution in [3.8, 4) is 0 Å². The quantitative estimate of drug-likeness (QED) is 0.727. The van der Waals surface area contributed by atoms with Crippen LogP contribution in [0.5, 0.6) is 0 Å². The van der Waals surface area contributed by atoms with E-state index in [1.54, 1.807) is 24.2 Å². The van der Waals surface area contributed by atoms with Crippen LogP contribution in [-0.2, 0) is 17.8 Å². The SMILES string of the molecule is CN(CCCc1[nH]nc2nccc(Cl)c12)C(=O)OCc1ccccc1. The molecule has 0 aliphatic rings. The lowest BCUT2D eigenvalue weighted by Gasteiger charge is -2.16. The van der Waals surface area contributed by atoms with Gasteiger partial charge in [-0.15, -0.1) is 0 Å². The number of nitrogens with one attached hydrogen (secondary N) is 1. The number of aryl methyl sites for hydroxylation is 1. The van der Waals surface area contributed by atoms with Crippen molar-refractivity contribution in [2.45, 2.75) is 19.4 Å². The standard InChI is InChI=1S/C18H19ClN4O2/c1-23(18(24)25-12-13-6-3-2-4-7-13)11-5-8-15-16-14(19)9-10-20-17(16)22-21-15/h2-4,6-7,9-10H,5,8,11-12H2,1H3,(H,20,21,22). The minimum atomic E-state index is -0.335. The van der Waals surface area contributed by atoms with E-state index in [0.717, 1.165) is 29.5 Å². The fraction of sp³-hybridized carbons (Fsp3) is 0.278. The summed E-state index contributed by atoms with van der Waals surface area (Å²) in [5, 5.41) is 8.60. The first-order valence-corrected chi connectivity index (χ1v) is 8.42. The molecule has 0 aliphatic carbocycles. The van der Waals surface area contributed by atoms with Gasteiger partial charge in [-0.2, -0.15) is 5.10 Å². The van der Waals surface area contributed by atoms with Crippen molar-refractivity contribution < 1.29 is 9.53 Å². The molecule has 0 aliphatic heterocycles. The molecule has 0 atom stereocenters. The number of H-pyrrole nitrogens is 1. The highest BCUT2D eigenvalue weighted by atomic mass is 35.5. The molecule has 0 spiro atoms. The average molecular weight is 359 g/mol. The largest absolute Gasteiger partial charge is 0.445 e. The van der Waals surface area contributed by atoms with E-state index in [1.165, 1.54) is 0 Å². The number of halogens is 1. The molecule has 130 valence electrons. The number of aromatic amines is 1. The monoisotopic (exact) mass is 358 g/mol. The number of ether oxygens (including phenoxy) is 1. The number of fused-ring (bicyclic) bond motifs is 1. The van der Waals surface area contributed by atoms with Crippen molar-refractivity contribution in [1.29, 1.82) is 0 Å². The smallest absolute Gasteiger partial charge is 0.409 e. The maximum absolute atomic E-state index is 12.0. The molecule has 3 rings (SSSR count). The molecule has 1 N–H and O–H groups in total. The van der Waals surface area contributed by atoms with Crippen LogP contribution >= 0.6 is 11.6 Å². The predicted molar refractivity (Wildman–Crippen MR) is 96.5 cm³/mol. The molecule has 3 aromatic rings. The highest BCUT2D eigenvalue weighted by Gasteiger charge is 2.13. The summed E-state index contributed by atoms with van der Waals surface area (Å²) in [7, 11) is 1.73. The molecule has 0 bridgehead atoms. The van der Waals surface area contributed by atoms with Crippen molar-refractivity contribution in [3.63, 3.8) is 0 Å². The second-order valence-corrected chi connectivity index (χ2v) is 6.17. The zero-order valence-corrected chi connectivity index (χ0v) is 14.7. The molecular weight excluding hydrogens is 340 g/mol. The van der Waals surface area contributed by atoms with Gasteiger partial charge in [0.05, 0.1) is 10.4 Å². The van der Waals surface area contributed by atoms with E-state index in [1.807, 2.05) is 30.3 Å². The first-order chi connectivity index (χ1) is 12.1. The minimum absolute atomic E-state index is 0.274. The van der Waals surface area contributed by atoms with Crippen LogP contribution < -0.4 is 0 Å². The first-order valence-electron chi connectivity index (χ1n) is 8.04. The van der Waals surface area contributed by atoms with Gasteiger partial charge in [-0.3, -0.25) is 5.10 Å². The molecule has 7 heteroatoms. The van der Waals surface area contributed by atoms with Gasteiger partial charge in [0.1, 0.15) is 6.61 Å². The fourth-order valence-electron chi connectivity index (χ4n) is 2.56. The van der Waals surface area contributed by atoms with Crippen LogP contribution in [-0.4, -0.2) is 39.8 Å². The number of carbonyl (C=O) groups excluding carboxylic acids is 1. The van der Waals surface area contributed by atoms with E-state index in [2.05, 4.69) is 15.2 Å². The number of hydrogen-bond donors (Lipinski definition) is 1. The molecule has 2 heterocycles. The van der Waals surface area contributed by atoms with Crippen LogP contribution in [0.3, 0.4) is 0 Å². The molecule has 0 fully saturated rings. The maximum Gasteiger partial charge on any atom is 0.409 e. The molecule has 1 aromatic carbocycles. The Labute approximate surface area is 150 Å². The summed E-state index contributed by atoms with van der Waals surface area (Å²) in [4.78, 5) is 17.8. The van der Waals surface area contributed by atoms with E-state index < -0.39 is 0 Å². The highest BCUT2D eigenvalue weighted by Crippen LogP contribution is 2.24. The summed E-state index contributed by atoms with van der Waals surface area (Å²) in [5.41, 5.74) is 2.51. The predicted octanol–water partition coefficient (Wildman–Crippen LogP) is 3.81. The van der Waals surface area contributed by atoms with Crippen molar-refractivity contribution in [1.82, 2.24) is 20.1 Å². The second-order valence-electron chi connectivity index (χ2n) is 5.76. The van der Waals surface area contributed by atoms with E-state index in [0.29, 0.717) is 17.2 Å². The second kappa shape index (κ2) is 7.98. The van der Waals surface area contributed by atoms with E-state index in [4.69, 9.17) is 16.3 Å². The first kappa shape index (κ1) is 17.2. The number of pyridine rings is 1. The van der Waals surface area contributed by atoms with Crippen LogP contribution in [0.25, 0.3) is 11.0 Å². The Morgan fingerprint density at radius 1 is 1.28 bits per heavy atom.